The first-order valence-corrected chi connectivity index (χ1v) is 10.9. The van der Waals surface area contributed by atoms with Crippen molar-refractivity contribution in [2.45, 2.75) is 51.4 Å². The molecule has 1 saturated heterocycles. The number of nitrogens with zero attached hydrogens (tertiary/aromatic N) is 2. The van der Waals surface area contributed by atoms with E-state index in [9.17, 15) is 9.59 Å². The average molecular weight is 376 g/mol. The topological polar surface area (TPSA) is 40.6 Å². The summed E-state index contributed by atoms with van der Waals surface area (Å²) in [6, 6.07) is 7.01. The average Bonchev–Trinajstić information content (AvgIpc) is 3.02. The van der Waals surface area contributed by atoms with Gasteiger partial charge in [-0.3, -0.25) is 9.59 Å². The number of rotatable bonds is 1. The number of carbonyl (C=O) groups is 2. The minimum atomic E-state index is -0.315. The zero-order valence-corrected chi connectivity index (χ0v) is 16.8. The molecule has 2 saturated carbocycles. The Hall–Kier alpha value is -1.78. The van der Waals surface area contributed by atoms with Crippen LogP contribution in [0.4, 0.5) is 10.5 Å². The van der Waals surface area contributed by atoms with Crippen LogP contribution in [-0.4, -0.2) is 50.5 Å². The standard InChI is InChI=1S/C23H29BN2O2/c1-23-9-8-17-18(20(23)6-7-21(23)27)5-3-15-2-4-16(14-19(15)17)25-10-12-26(13-11-25)22(24)28/h2,4,14,17-18,20H,3,5-13H2,1H3/t17-,18+,20-,23-/m0/s1. The molecule has 146 valence electrons. The second-order valence-corrected chi connectivity index (χ2v) is 9.53. The maximum atomic E-state index is 12.5. The SMILES string of the molecule is [B]C(=O)N1CCN(c2ccc3c(c2)[C@H]2CC[C@]4(C)C(=O)CC[C@H]4[C@@H]2CC3)CC1. The highest BCUT2D eigenvalue weighted by Crippen LogP contribution is 2.59. The number of piperazine rings is 1. The minimum absolute atomic E-state index is 0.0542. The third kappa shape index (κ3) is 2.73. The number of anilines is 1. The summed E-state index contributed by atoms with van der Waals surface area (Å²) in [4.78, 5) is 28.0. The van der Waals surface area contributed by atoms with Gasteiger partial charge < -0.3 is 9.80 Å². The van der Waals surface area contributed by atoms with E-state index in [1.54, 1.807) is 4.90 Å². The van der Waals surface area contributed by atoms with E-state index in [2.05, 4.69) is 30.0 Å². The van der Waals surface area contributed by atoms with E-state index in [1.165, 1.54) is 23.2 Å². The van der Waals surface area contributed by atoms with Gasteiger partial charge in [0.2, 0.25) is 7.85 Å². The van der Waals surface area contributed by atoms with Crippen LogP contribution in [0.25, 0.3) is 0 Å². The number of benzene rings is 1. The van der Waals surface area contributed by atoms with Crippen molar-refractivity contribution >= 4 is 25.1 Å². The smallest absolute Gasteiger partial charge is 0.200 e. The molecule has 1 amide bonds. The molecule has 1 heterocycles. The zero-order valence-electron chi connectivity index (χ0n) is 16.8. The van der Waals surface area contributed by atoms with Crippen LogP contribution in [0.2, 0.25) is 0 Å². The summed E-state index contributed by atoms with van der Waals surface area (Å²) in [5.41, 5.74) is 4.27. The Labute approximate surface area is 169 Å². The summed E-state index contributed by atoms with van der Waals surface area (Å²) in [7, 11) is 5.42. The van der Waals surface area contributed by atoms with Gasteiger partial charge in [0.25, 0.3) is 0 Å². The van der Waals surface area contributed by atoms with E-state index in [4.69, 9.17) is 7.85 Å². The van der Waals surface area contributed by atoms with Crippen molar-refractivity contribution in [2.24, 2.45) is 17.3 Å². The normalized spacial score (nSPS) is 34.6. The van der Waals surface area contributed by atoms with E-state index < -0.39 is 0 Å². The van der Waals surface area contributed by atoms with Crippen molar-refractivity contribution in [1.82, 2.24) is 4.90 Å². The Morgan fingerprint density at radius 3 is 2.64 bits per heavy atom. The molecule has 5 heteroatoms. The van der Waals surface area contributed by atoms with E-state index in [0.717, 1.165) is 45.2 Å². The van der Waals surface area contributed by atoms with Crippen LogP contribution in [0.5, 0.6) is 0 Å². The molecule has 4 nitrogen and oxygen atoms in total. The van der Waals surface area contributed by atoms with Crippen LogP contribution >= 0.6 is 0 Å². The molecule has 3 fully saturated rings. The first-order chi connectivity index (χ1) is 13.5. The Morgan fingerprint density at radius 1 is 1.11 bits per heavy atom. The van der Waals surface area contributed by atoms with Gasteiger partial charge in [-0.25, -0.2) is 0 Å². The molecule has 0 spiro atoms. The fourth-order valence-corrected chi connectivity index (χ4v) is 6.71. The number of hydrogen-bond acceptors (Lipinski definition) is 3. The fourth-order valence-electron chi connectivity index (χ4n) is 6.71. The van der Waals surface area contributed by atoms with E-state index >= 15 is 0 Å². The molecule has 0 N–H and O–H groups in total. The Morgan fingerprint density at radius 2 is 1.89 bits per heavy atom. The second-order valence-electron chi connectivity index (χ2n) is 9.53. The molecular formula is C23H29BN2O2. The minimum Gasteiger partial charge on any atom is -0.368 e. The van der Waals surface area contributed by atoms with Gasteiger partial charge in [0.1, 0.15) is 5.78 Å². The number of Topliss-reactive ketones (excluding diaryl/α,β-unsaturated/α-hetero) is 1. The zero-order chi connectivity index (χ0) is 19.5. The first-order valence-electron chi connectivity index (χ1n) is 10.9. The molecule has 4 atom stereocenters. The molecule has 28 heavy (non-hydrogen) atoms. The number of fused-ring (bicyclic) bond motifs is 5. The van der Waals surface area contributed by atoms with Gasteiger partial charge in [-0.15, -0.1) is 0 Å². The summed E-state index contributed by atoms with van der Waals surface area (Å²) < 4.78 is 0. The maximum absolute atomic E-state index is 12.5. The molecule has 1 aromatic carbocycles. The van der Waals surface area contributed by atoms with Crippen LogP contribution in [0, 0.1) is 17.3 Å². The summed E-state index contributed by atoms with van der Waals surface area (Å²) >= 11 is 0. The molecule has 0 unspecified atom stereocenters. The third-order valence-corrected chi connectivity index (χ3v) is 8.38. The maximum Gasteiger partial charge on any atom is 0.200 e. The van der Waals surface area contributed by atoms with Crippen molar-refractivity contribution in [1.29, 1.82) is 0 Å². The van der Waals surface area contributed by atoms with E-state index in [0.29, 0.717) is 36.6 Å². The lowest BCUT2D eigenvalue weighted by Crippen LogP contribution is -2.48. The highest BCUT2D eigenvalue weighted by Gasteiger charge is 2.54. The monoisotopic (exact) mass is 376 g/mol. The summed E-state index contributed by atoms with van der Waals surface area (Å²) in [6.45, 7) is 5.31. The van der Waals surface area contributed by atoms with Crippen LogP contribution in [0.1, 0.15) is 56.1 Å². The third-order valence-electron chi connectivity index (χ3n) is 8.38. The van der Waals surface area contributed by atoms with Gasteiger partial charge in [0.15, 0.2) is 5.81 Å². The van der Waals surface area contributed by atoms with Crippen LogP contribution < -0.4 is 4.90 Å². The number of amides is 1. The predicted molar refractivity (Wildman–Crippen MR) is 111 cm³/mol. The highest BCUT2D eigenvalue weighted by atomic mass is 16.2. The van der Waals surface area contributed by atoms with Crippen LogP contribution in [-0.2, 0) is 11.2 Å². The number of carbonyl (C=O) groups excluding carboxylic acids is 2. The summed E-state index contributed by atoms with van der Waals surface area (Å²) in [5.74, 6) is 2.06. The van der Waals surface area contributed by atoms with Crippen LogP contribution in [0.3, 0.4) is 0 Å². The molecular weight excluding hydrogens is 347 g/mol. The lowest BCUT2D eigenvalue weighted by atomic mass is 9.55. The molecule has 0 aromatic heterocycles. The number of hydrogen-bond donors (Lipinski definition) is 0. The van der Waals surface area contributed by atoms with Gasteiger partial charge in [0, 0.05) is 43.7 Å². The molecule has 4 aliphatic rings. The molecule has 2 radical (unpaired) electrons. The molecule has 3 aliphatic carbocycles. The number of aryl methyl sites for hydroxylation is 1. The second kappa shape index (κ2) is 6.64. The quantitative estimate of drug-likeness (QED) is 0.705. The number of ketones is 1. The highest BCUT2D eigenvalue weighted by molar-refractivity contribution is 6.56. The Balaban J connectivity index is 1.39. The molecule has 5 rings (SSSR count). The molecule has 1 aromatic rings. The van der Waals surface area contributed by atoms with Crippen LogP contribution in [0.15, 0.2) is 18.2 Å². The summed E-state index contributed by atoms with van der Waals surface area (Å²) in [5, 5.41) is 0. The lowest BCUT2D eigenvalue weighted by molar-refractivity contribution is -0.129. The van der Waals surface area contributed by atoms with Gasteiger partial charge in [0.05, 0.1) is 0 Å². The van der Waals surface area contributed by atoms with Gasteiger partial charge in [-0.2, -0.15) is 0 Å². The van der Waals surface area contributed by atoms with Crippen molar-refractivity contribution in [3.8, 4) is 0 Å². The van der Waals surface area contributed by atoms with E-state index in [-0.39, 0.29) is 11.2 Å². The summed E-state index contributed by atoms with van der Waals surface area (Å²) in [6.07, 6.45) is 6.48. The largest absolute Gasteiger partial charge is 0.368 e. The molecule has 1 aliphatic heterocycles. The predicted octanol–water partition coefficient (Wildman–Crippen LogP) is 3.52. The van der Waals surface area contributed by atoms with Gasteiger partial charge >= 0.3 is 0 Å². The van der Waals surface area contributed by atoms with Crippen molar-refractivity contribution in [2.75, 3.05) is 31.1 Å². The molecule has 0 bridgehead atoms. The van der Waals surface area contributed by atoms with Crippen molar-refractivity contribution in [3.63, 3.8) is 0 Å². The lowest BCUT2D eigenvalue weighted by Gasteiger charge is -2.48. The first kappa shape index (κ1) is 18.3. The Kier molecular flexibility index (Phi) is 4.33. The Bertz CT molecular complexity index is 817. The van der Waals surface area contributed by atoms with E-state index in [1.807, 2.05) is 0 Å². The fraction of sp³-hybridized carbons (Fsp3) is 0.652. The van der Waals surface area contributed by atoms with Gasteiger partial charge in [-0.05, 0) is 73.1 Å². The van der Waals surface area contributed by atoms with Gasteiger partial charge in [-0.1, -0.05) is 13.0 Å². The van der Waals surface area contributed by atoms with Crippen molar-refractivity contribution < 1.29 is 9.59 Å². The van der Waals surface area contributed by atoms with Crippen molar-refractivity contribution in [3.05, 3.63) is 29.3 Å².